The van der Waals surface area contributed by atoms with E-state index in [4.69, 9.17) is 11.6 Å². The monoisotopic (exact) mass is 518 g/mol. The summed E-state index contributed by atoms with van der Waals surface area (Å²) in [4.78, 5) is 12.3. The Morgan fingerprint density at radius 2 is 1.92 bits per heavy atom. The van der Waals surface area contributed by atoms with Gasteiger partial charge in [-0.25, -0.2) is 14.4 Å². The number of ether oxygens (including phenoxy) is 1. The molecule has 0 bridgehead atoms. The molecule has 36 heavy (non-hydrogen) atoms. The first-order valence-electron chi connectivity index (χ1n) is 11.8. The van der Waals surface area contributed by atoms with Crippen LogP contribution in [0.5, 0.6) is 5.75 Å². The number of aromatic nitrogens is 4. The molecule has 3 heterocycles. The van der Waals surface area contributed by atoms with E-state index < -0.39 is 18.3 Å². The second-order valence-corrected chi connectivity index (χ2v) is 9.68. The van der Waals surface area contributed by atoms with Crippen LogP contribution in [-0.4, -0.2) is 37.3 Å². The molecule has 6 nitrogen and oxygen atoms in total. The summed E-state index contributed by atoms with van der Waals surface area (Å²) >= 11 is 6.23. The van der Waals surface area contributed by atoms with Crippen LogP contribution in [0.1, 0.15) is 61.4 Å². The summed E-state index contributed by atoms with van der Waals surface area (Å²) < 4.78 is 47.1. The zero-order valence-electron chi connectivity index (χ0n) is 19.8. The van der Waals surface area contributed by atoms with Crippen molar-refractivity contribution in [2.75, 3.05) is 0 Å². The summed E-state index contributed by atoms with van der Waals surface area (Å²) in [5, 5.41) is 10.3. The number of nitrogens with zero attached hydrogens (tertiary/aromatic N) is 3. The predicted octanol–water partition coefficient (Wildman–Crippen LogP) is 6.53. The van der Waals surface area contributed by atoms with Crippen LogP contribution < -0.4 is 4.74 Å². The van der Waals surface area contributed by atoms with Gasteiger partial charge in [-0.05, 0) is 49.4 Å². The summed E-state index contributed by atoms with van der Waals surface area (Å²) in [6, 6.07) is 4.13. The zero-order valence-corrected chi connectivity index (χ0v) is 20.6. The van der Waals surface area contributed by atoms with E-state index in [0.29, 0.717) is 5.65 Å². The van der Waals surface area contributed by atoms with Crippen LogP contribution in [0.2, 0.25) is 5.02 Å². The molecule has 190 valence electrons. The van der Waals surface area contributed by atoms with Gasteiger partial charge in [0.15, 0.2) is 0 Å². The molecule has 0 saturated heterocycles. The Bertz CT molecular complexity index is 1400. The Morgan fingerprint density at radius 1 is 1.17 bits per heavy atom. The Hall–Kier alpha value is -3.04. The van der Waals surface area contributed by atoms with Crippen LogP contribution in [0.25, 0.3) is 22.3 Å². The van der Waals surface area contributed by atoms with E-state index in [0.717, 1.165) is 59.8 Å². The van der Waals surface area contributed by atoms with Crippen LogP contribution in [0, 0.1) is 5.82 Å². The van der Waals surface area contributed by atoms with Gasteiger partial charge in [-0.2, -0.15) is 8.78 Å². The van der Waals surface area contributed by atoms with Gasteiger partial charge in [0.25, 0.3) is 0 Å². The molecule has 10 heteroatoms. The Morgan fingerprint density at radius 3 is 2.64 bits per heavy atom. The number of aliphatic hydroxyl groups is 1. The van der Waals surface area contributed by atoms with Gasteiger partial charge in [-0.3, -0.25) is 0 Å². The van der Waals surface area contributed by atoms with Crippen LogP contribution in [0.4, 0.5) is 13.2 Å². The van der Waals surface area contributed by atoms with Crippen LogP contribution in [-0.2, 0) is 7.05 Å². The molecule has 0 unspecified atom stereocenters. The average Bonchev–Trinajstić information content (AvgIpc) is 3.44. The number of hydrogen-bond donors (Lipinski definition) is 2. The maximum atomic E-state index is 14.3. The van der Waals surface area contributed by atoms with Crippen LogP contribution in [0.15, 0.2) is 36.8 Å². The molecule has 1 aliphatic rings. The molecule has 4 aromatic rings. The van der Waals surface area contributed by atoms with E-state index in [9.17, 15) is 18.3 Å². The highest BCUT2D eigenvalue weighted by atomic mass is 35.5. The van der Waals surface area contributed by atoms with Crippen LogP contribution >= 0.6 is 11.6 Å². The minimum absolute atomic E-state index is 0.144. The fraction of sp³-hybridized carbons (Fsp3) is 0.385. The highest BCUT2D eigenvalue weighted by molar-refractivity contribution is 6.31. The van der Waals surface area contributed by atoms with E-state index in [1.54, 1.807) is 19.3 Å². The highest BCUT2D eigenvalue weighted by Crippen LogP contribution is 2.42. The molecule has 1 fully saturated rings. The molecular weight excluding hydrogens is 493 g/mol. The molecule has 1 atom stereocenters. The minimum Gasteiger partial charge on any atom is -0.434 e. The van der Waals surface area contributed by atoms with Crippen molar-refractivity contribution in [1.29, 1.82) is 0 Å². The topological polar surface area (TPSA) is 76.0 Å². The fourth-order valence-corrected chi connectivity index (χ4v) is 5.55. The number of aliphatic hydroxyl groups excluding tert-OH is 1. The van der Waals surface area contributed by atoms with Crippen molar-refractivity contribution in [3.05, 3.63) is 64.6 Å². The quantitative estimate of drug-likeness (QED) is 0.304. The van der Waals surface area contributed by atoms with E-state index in [-0.39, 0.29) is 28.4 Å². The van der Waals surface area contributed by atoms with Gasteiger partial charge in [-0.1, -0.05) is 18.5 Å². The Labute approximate surface area is 211 Å². The van der Waals surface area contributed by atoms with Gasteiger partial charge in [0.05, 0.1) is 23.0 Å². The van der Waals surface area contributed by atoms with Crippen molar-refractivity contribution in [3.63, 3.8) is 0 Å². The molecule has 1 aliphatic carbocycles. The Kier molecular flexibility index (Phi) is 6.70. The number of H-pyrrole nitrogens is 1. The second kappa shape index (κ2) is 9.78. The number of halogens is 4. The van der Waals surface area contributed by atoms with E-state index >= 15 is 0 Å². The van der Waals surface area contributed by atoms with Crippen molar-refractivity contribution in [3.8, 4) is 17.0 Å². The fourth-order valence-electron chi connectivity index (χ4n) is 5.23. The normalized spacial score (nSPS) is 19.2. The first-order valence-corrected chi connectivity index (χ1v) is 12.2. The average molecular weight is 519 g/mol. The molecule has 1 saturated carbocycles. The van der Waals surface area contributed by atoms with Gasteiger partial charge >= 0.3 is 6.61 Å². The molecule has 1 aromatic carbocycles. The third kappa shape index (κ3) is 4.46. The van der Waals surface area contributed by atoms with Crippen molar-refractivity contribution < 1.29 is 23.0 Å². The third-order valence-corrected chi connectivity index (χ3v) is 7.54. The van der Waals surface area contributed by atoms with Crippen molar-refractivity contribution in [1.82, 2.24) is 19.5 Å². The molecular formula is C26H26ClF3N4O2. The molecule has 0 spiro atoms. The standard InChI is InChI=1S/C26H26ClF3N4O2/c1-13(22-21(36-26(29)30)8-7-19(28)23(22)27)18-11-32-24-17(18)9-15(10-31-24)20-12-33-25(34(20)2)14-3-5-16(35)6-4-14/h7-14,16,26,35H,3-6H2,1-2H3,(H,31,32)/t13-,14-,16-/m0/s1. The number of fused-ring (bicyclic) bond motifs is 1. The van der Waals surface area contributed by atoms with Crippen LogP contribution in [0.3, 0.4) is 0 Å². The largest absolute Gasteiger partial charge is 0.434 e. The van der Waals surface area contributed by atoms with Gasteiger partial charge in [-0.15, -0.1) is 0 Å². The molecule has 0 aliphatic heterocycles. The van der Waals surface area contributed by atoms with Crippen molar-refractivity contribution in [2.24, 2.45) is 7.05 Å². The third-order valence-electron chi connectivity index (χ3n) is 7.15. The predicted molar refractivity (Wildman–Crippen MR) is 131 cm³/mol. The smallest absolute Gasteiger partial charge is 0.387 e. The first kappa shape index (κ1) is 24.6. The zero-order chi connectivity index (χ0) is 25.6. The van der Waals surface area contributed by atoms with Gasteiger partial charge in [0.1, 0.15) is 23.0 Å². The molecule has 2 N–H and O–H groups in total. The van der Waals surface area contributed by atoms with Gasteiger partial charge < -0.3 is 19.4 Å². The molecule has 5 rings (SSSR count). The Balaban J connectivity index is 1.53. The maximum Gasteiger partial charge on any atom is 0.387 e. The lowest BCUT2D eigenvalue weighted by Gasteiger charge is -2.25. The lowest BCUT2D eigenvalue weighted by Crippen LogP contribution is -2.19. The summed E-state index contributed by atoms with van der Waals surface area (Å²) in [6.07, 6.45) is 8.37. The summed E-state index contributed by atoms with van der Waals surface area (Å²) in [5.74, 6) is -0.189. The second-order valence-electron chi connectivity index (χ2n) is 9.30. The number of pyridine rings is 1. The van der Waals surface area contributed by atoms with E-state index in [2.05, 4.69) is 24.3 Å². The number of hydrogen-bond acceptors (Lipinski definition) is 4. The number of aromatic amines is 1. The highest BCUT2D eigenvalue weighted by Gasteiger charge is 2.26. The van der Waals surface area contributed by atoms with E-state index in [1.165, 1.54) is 6.07 Å². The molecule has 0 amide bonds. The minimum atomic E-state index is -3.07. The molecule has 0 radical (unpaired) electrons. The van der Waals surface area contributed by atoms with Gasteiger partial charge in [0.2, 0.25) is 0 Å². The summed E-state index contributed by atoms with van der Waals surface area (Å²) in [7, 11) is 1.97. The SMILES string of the molecule is C[C@H](c1c(OC(F)F)ccc(F)c1Cl)c1c[nH]c2ncc(-c3cnc([C@H]4CC[C@H](O)CC4)n3C)cc12. The van der Waals surface area contributed by atoms with Crippen molar-refractivity contribution >= 4 is 22.6 Å². The number of rotatable bonds is 6. The lowest BCUT2D eigenvalue weighted by molar-refractivity contribution is -0.0505. The number of benzene rings is 1. The lowest BCUT2D eigenvalue weighted by atomic mass is 9.87. The number of alkyl halides is 2. The van der Waals surface area contributed by atoms with Gasteiger partial charge in [0, 0.05) is 47.8 Å². The van der Waals surface area contributed by atoms with E-state index in [1.807, 2.05) is 19.3 Å². The molecule has 3 aromatic heterocycles. The number of nitrogens with one attached hydrogen (secondary N) is 1. The summed E-state index contributed by atoms with van der Waals surface area (Å²) in [5.41, 5.74) is 3.19. The maximum absolute atomic E-state index is 14.3. The van der Waals surface area contributed by atoms with Crippen molar-refractivity contribution in [2.45, 2.75) is 57.2 Å². The number of imidazole rings is 1. The first-order chi connectivity index (χ1) is 17.2. The summed E-state index contributed by atoms with van der Waals surface area (Å²) in [6.45, 7) is -1.31.